The second-order valence-corrected chi connectivity index (χ2v) is 8.88. The number of nitrogens with zero attached hydrogens (tertiary/aromatic N) is 3. The molecule has 4 rings (SSSR count). The van der Waals surface area contributed by atoms with E-state index in [-0.39, 0.29) is 4.90 Å². The highest BCUT2D eigenvalue weighted by Crippen LogP contribution is 2.36. The number of H-pyrrole nitrogens is 1. The van der Waals surface area contributed by atoms with Crippen LogP contribution in [-0.4, -0.2) is 44.1 Å². The third-order valence-electron chi connectivity index (χ3n) is 5.01. The molecule has 1 aromatic heterocycles. The molecule has 0 saturated heterocycles. The van der Waals surface area contributed by atoms with E-state index in [0.29, 0.717) is 18.8 Å². The van der Waals surface area contributed by atoms with Gasteiger partial charge in [0.05, 0.1) is 13.3 Å². The Morgan fingerprint density at radius 2 is 1.86 bits per heavy atom. The fourth-order valence-electron chi connectivity index (χ4n) is 3.41. The van der Waals surface area contributed by atoms with Crippen LogP contribution in [0.5, 0.6) is 5.75 Å². The number of aromatic nitrogens is 2. The zero-order valence-corrected chi connectivity index (χ0v) is 16.8. The Hall–Kier alpha value is -2.84. The normalized spacial score (nSPS) is 14.1. The monoisotopic (exact) mass is 398 g/mol. The first-order chi connectivity index (χ1) is 13.4. The van der Waals surface area contributed by atoms with Crippen LogP contribution in [0, 0.1) is 0 Å². The summed E-state index contributed by atoms with van der Waals surface area (Å²) in [5.41, 5.74) is 4.82. The fraction of sp³-hybridized carbons (Fsp3) is 0.250. The predicted molar refractivity (Wildman–Crippen MR) is 108 cm³/mol. The number of rotatable bonds is 5. The van der Waals surface area contributed by atoms with Crippen molar-refractivity contribution >= 4 is 15.7 Å². The summed E-state index contributed by atoms with van der Waals surface area (Å²) in [5, 5.41) is 6.69. The maximum absolute atomic E-state index is 13.3. The van der Waals surface area contributed by atoms with E-state index in [0.717, 1.165) is 27.9 Å². The lowest BCUT2D eigenvalue weighted by Gasteiger charge is -2.18. The van der Waals surface area contributed by atoms with E-state index in [9.17, 15) is 8.42 Å². The Morgan fingerprint density at radius 3 is 2.54 bits per heavy atom. The molecule has 1 aliphatic heterocycles. The topological polar surface area (TPSA) is 78.5 Å². The molecule has 2 heterocycles. The van der Waals surface area contributed by atoms with Gasteiger partial charge in [-0.2, -0.15) is 9.40 Å². The summed E-state index contributed by atoms with van der Waals surface area (Å²) >= 11 is 0. The quantitative estimate of drug-likeness (QED) is 0.715. The Labute approximate surface area is 164 Å². The van der Waals surface area contributed by atoms with Crippen LogP contribution < -0.4 is 9.64 Å². The number of aromatic amines is 1. The molecule has 3 aromatic rings. The standard InChI is InChI=1S/C20H22N4O3S/c1-23(2)18-6-4-15-12-24(13-16(15)8-18)28(25,26)20-7-5-14(9-19(20)27-3)17-10-21-22-11-17/h4-11H,12-13H2,1-3H3,(H,21,22). The minimum absolute atomic E-state index is 0.169. The van der Waals surface area contributed by atoms with E-state index in [2.05, 4.69) is 10.2 Å². The zero-order chi connectivity index (χ0) is 19.9. The molecule has 2 aromatic carbocycles. The van der Waals surface area contributed by atoms with Gasteiger partial charge in [0, 0.05) is 44.6 Å². The third kappa shape index (κ3) is 3.14. The SMILES string of the molecule is COc1cc(-c2cn[nH]c2)ccc1S(=O)(=O)N1Cc2ccc(N(C)C)cc2C1. The van der Waals surface area contributed by atoms with Gasteiger partial charge in [-0.05, 0) is 41.0 Å². The number of ether oxygens (including phenoxy) is 1. The van der Waals surface area contributed by atoms with Gasteiger partial charge in [-0.1, -0.05) is 12.1 Å². The number of benzene rings is 2. The molecule has 0 fully saturated rings. The highest BCUT2D eigenvalue weighted by atomic mass is 32.2. The van der Waals surface area contributed by atoms with Gasteiger partial charge in [0.2, 0.25) is 10.0 Å². The molecule has 0 spiro atoms. The minimum atomic E-state index is -3.70. The first-order valence-electron chi connectivity index (χ1n) is 8.86. The van der Waals surface area contributed by atoms with Crippen molar-refractivity contribution in [1.29, 1.82) is 0 Å². The molecule has 28 heavy (non-hydrogen) atoms. The molecule has 0 unspecified atom stereocenters. The number of sulfonamides is 1. The molecule has 1 aliphatic rings. The zero-order valence-electron chi connectivity index (χ0n) is 16.0. The molecule has 7 nitrogen and oxygen atoms in total. The second-order valence-electron chi connectivity index (χ2n) is 6.97. The van der Waals surface area contributed by atoms with Crippen LogP contribution in [0.1, 0.15) is 11.1 Å². The second kappa shape index (κ2) is 6.96. The van der Waals surface area contributed by atoms with Gasteiger partial charge < -0.3 is 9.64 Å². The lowest BCUT2D eigenvalue weighted by atomic mass is 10.1. The van der Waals surface area contributed by atoms with Crippen molar-refractivity contribution in [2.75, 3.05) is 26.1 Å². The highest BCUT2D eigenvalue weighted by Gasteiger charge is 2.33. The summed E-state index contributed by atoms with van der Waals surface area (Å²) < 4.78 is 33.5. The van der Waals surface area contributed by atoms with Crippen LogP contribution in [0.25, 0.3) is 11.1 Å². The Morgan fingerprint density at radius 1 is 1.07 bits per heavy atom. The molecule has 0 atom stereocenters. The van der Waals surface area contributed by atoms with Crippen LogP contribution in [-0.2, 0) is 23.1 Å². The van der Waals surface area contributed by atoms with Crippen molar-refractivity contribution in [2.24, 2.45) is 0 Å². The fourth-order valence-corrected chi connectivity index (χ4v) is 4.94. The molecule has 0 aliphatic carbocycles. The molecular weight excluding hydrogens is 376 g/mol. The molecule has 0 amide bonds. The van der Waals surface area contributed by atoms with Crippen molar-refractivity contribution < 1.29 is 13.2 Å². The summed E-state index contributed by atoms with van der Waals surface area (Å²) in [7, 11) is 1.72. The number of hydrogen-bond donors (Lipinski definition) is 1. The van der Waals surface area contributed by atoms with Crippen molar-refractivity contribution in [3.63, 3.8) is 0 Å². The summed E-state index contributed by atoms with van der Waals surface area (Å²) in [6.45, 7) is 0.712. The van der Waals surface area contributed by atoms with E-state index in [1.165, 1.54) is 11.4 Å². The summed E-state index contributed by atoms with van der Waals surface area (Å²) in [4.78, 5) is 2.18. The van der Waals surface area contributed by atoms with Crippen LogP contribution in [0.2, 0.25) is 0 Å². The number of fused-ring (bicyclic) bond motifs is 1. The van der Waals surface area contributed by atoms with Crippen molar-refractivity contribution in [1.82, 2.24) is 14.5 Å². The van der Waals surface area contributed by atoms with E-state index >= 15 is 0 Å². The van der Waals surface area contributed by atoms with Gasteiger partial charge in [0.25, 0.3) is 0 Å². The van der Waals surface area contributed by atoms with E-state index in [4.69, 9.17) is 4.74 Å². The highest BCUT2D eigenvalue weighted by molar-refractivity contribution is 7.89. The Bertz CT molecular complexity index is 1110. The number of methoxy groups -OCH3 is 1. The average Bonchev–Trinajstić information content (AvgIpc) is 3.36. The Balaban J connectivity index is 1.67. The molecule has 1 N–H and O–H groups in total. The van der Waals surface area contributed by atoms with E-state index in [1.807, 2.05) is 37.2 Å². The van der Waals surface area contributed by atoms with Crippen LogP contribution >= 0.6 is 0 Å². The first kappa shape index (κ1) is 18.5. The lowest BCUT2D eigenvalue weighted by molar-refractivity contribution is 0.393. The first-order valence-corrected chi connectivity index (χ1v) is 10.3. The van der Waals surface area contributed by atoms with Crippen LogP contribution in [0.3, 0.4) is 0 Å². The maximum Gasteiger partial charge on any atom is 0.247 e. The molecule has 8 heteroatoms. The van der Waals surface area contributed by atoms with Gasteiger partial charge in [-0.25, -0.2) is 8.42 Å². The van der Waals surface area contributed by atoms with Gasteiger partial charge in [-0.3, -0.25) is 5.10 Å². The lowest BCUT2D eigenvalue weighted by Crippen LogP contribution is -2.26. The van der Waals surface area contributed by atoms with Crippen molar-refractivity contribution in [3.8, 4) is 16.9 Å². The minimum Gasteiger partial charge on any atom is -0.495 e. The molecule has 0 saturated carbocycles. The number of anilines is 1. The van der Waals surface area contributed by atoms with Crippen LogP contribution in [0.4, 0.5) is 5.69 Å². The van der Waals surface area contributed by atoms with Gasteiger partial charge in [0.1, 0.15) is 10.6 Å². The third-order valence-corrected chi connectivity index (χ3v) is 6.84. The Kier molecular flexibility index (Phi) is 4.60. The van der Waals surface area contributed by atoms with Crippen LogP contribution in [0.15, 0.2) is 53.7 Å². The molecular formula is C20H22N4O3S. The van der Waals surface area contributed by atoms with Crippen molar-refractivity contribution in [2.45, 2.75) is 18.0 Å². The summed E-state index contributed by atoms with van der Waals surface area (Å²) in [6, 6.07) is 11.2. The molecule has 0 radical (unpaired) electrons. The van der Waals surface area contributed by atoms with Crippen molar-refractivity contribution in [3.05, 3.63) is 59.9 Å². The van der Waals surface area contributed by atoms with Gasteiger partial charge >= 0.3 is 0 Å². The molecule has 0 bridgehead atoms. The summed E-state index contributed by atoms with van der Waals surface area (Å²) in [6.07, 6.45) is 3.44. The summed E-state index contributed by atoms with van der Waals surface area (Å²) in [5.74, 6) is 0.323. The van der Waals surface area contributed by atoms with E-state index < -0.39 is 10.0 Å². The van der Waals surface area contributed by atoms with Gasteiger partial charge in [0.15, 0.2) is 0 Å². The van der Waals surface area contributed by atoms with Gasteiger partial charge in [-0.15, -0.1) is 0 Å². The number of hydrogen-bond acceptors (Lipinski definition) is 5. The smallest absolute Gasteiger partial charge is 0.247 e. The molecule has 146 valence electrons. The largest absolute Gasteiger partial charge is 0.495 e. The number of nitrogens with one attached hydrogen (secondary N) is 1. The average molecular weight is 398 g/mol. The predicted octanol–water partition coefficient (Wildman–Crippen LogP) is 2.86. The van der Waals surface area contributed by atoms with E-state index in [1.54, 1.807) is 30.6 Å². The maximum atomic E-state index is 13.3.